The van der Waals surface area contributed by atoms with Crippen LogP contribution in [0.5, 0.6) is 0 Å². The average molecular weight is 295 g/mol. The summed E-state index contributed by atoms with van der Waals surface area (Å²) < 4.78 is 17.7. The molecule has 0 aromatic heterocycles. The maximum absolute atomic E-state index is 12.9. The van der Waals surface area contributed by atoms with Gasteiger partial charge < -0.3 is 14.7 Å². The minimum Gasteiger partial charge on any atom is -0.481 e. The van der Waals surface area contributed by atoms with Gasteiger partial charge >= 0.3 is 12.1 Å². The van der Waals surface area contributed by atoms with E-state index < -0.39 is 18.0 Å². The van der Waals surface area contributed by atoms with Crippen LogP contribution in [0, 0.1) is 11.7 Å². The Labute approximate surface area is 122 Å². The van der Waals surface area contributed by atoms with Crippen molar-refractivity contribution in [2.24, 2.45) is 5.92 Å². The zero-order valence-corrected chi connectivity index (χ0v) is 11.8. The summed E-state index contributed by atoms with van der Waals surface area (Å²) in [5.74, 6) is -1.63. The molecule has 2 atom stereocenters. The fourth-order valence-electron chi connectivity index (χ4n) is 2.72. The van der Waals surface area contributed by atoms with Gasteiger partial charge in [-0.05, 0) is 37.0 Å². The van der Waals surface area contributed by atoms with Crippen molar-refractivity contribution in [3.8, 4) is 0 Å². The van der Waals surface area contributed by atoms with Crippen LogP contribution in [0.25, 0.3) is 0 Å². The first-order valence-corrected chi connectivity index (χ1v) is 6.83. The van der Waals surface area contributed by atoms with Crippen LogP contribution in [-0.2, 0) is 16.0 Å². The van der Waals surface area contributed by atoms with Crippen LogP contribution in [0.15, 0.2) is 24.3 Å². The van der Waals surface area contributed by atoms with Gasteiger partial charge in [0.2, 0.25) is 0 Å². The van der Waals surface area contributed by atoms with Crippen LogP contribution in [0.4, 0.5) is 9.18 Å². The van der Waals surface area contributed by atoms with E-state index in [0.29, 0.717) is 25.8 Å². The maximum atomic E-state index is 12.9. The van der Waals surface area contributed by atoms with Crippen molar-refractivity contribution in [1.82, 2.24) is 4.90 Å². The summed E-state index contributed by atoms with van der Waals surface area (Å²) in [5, 5.41) is 9.16. The van der Waals surface area contributed by atoms with Crippen molar-refractivity contribution in [3.05, 3.63) is 35.6 Å². The lowest BCUT2D eigenvalue weighted by Crippen LogP contribution is -2.48. The third kappa shape index (κ3) is 3.71. The normalized spacial score (nSPS) is 21.9. The number of halogens is 1. The van der Waals surface area contributed by atoms with Crippen molar-refractivity contribution in [2.75, 3.05) is 13.7 Å². The molecule has 0 spiro atoms. The summed E-state index contributed by atoms with van der Waals surface area (Å²) in [5.41, 5.74) is 0.862. The van der Waals surface area contributed by atoms with E-state index in [1.165, 1.54) is 19.2 Å². The van der Waals surface area contributed by atoms with E-state index in [9.17, 15) is 14.0 Å². The number of piperidine rings is 1. The van der Waals surface area contributed by atoms with Gasteiger partial charge in [-0.2, -0.15) is 0 Å². The number of carboxylic acids is 1. The summed E-state index contributed by atoms with van der Waals surface area (Å²) in [7, 11) is 1.31. The van der Waals surface area contributed by atoms with E-state index in [1.807, 2.05) is 0 Å². The molecule has 21 heavy (non-hydrogen) atoms. The van der Waals surface area contributed by atoms with Gasteiger partial charge in [-0.3, -0.25) is 4.79 Å². The summed E-state index contributed by atoms with van der Waals surface area (Å²) in [6.45, 7) is 0.357. The Morgan fingerprint density at radius 2 is 2.05 bits per heavy atom. The number of likely N-dealkylation sites (tertiary alicyclic amines) is 1. The highest BCUT2D eigenvalue weighted by atomic mass is 19.1. The van der Waals surface area contributed by atoms with Crippen LogP contribution < -0.4 is 0 Å². The van der Waals surface area contributed by atoms with Crippen molar-refractivity contribution in [1.29, 1.82) is 0 Å². The van der Waals surface area contributed by atoms with Crippen LogP contribution >= 0.6 is 0 Å². The Morgan fingerprint density at radius 1 is 1.38 bits per heavy atom. The van der Waals surface area contributed by atoms with Gasteiger partial charge in [-0.1, -0.05) is 12.1 Å². The number of carboxylic acid groups (broad SMARTS) is 1. The predicted octanol–water partition coefficient (Wildman–Crippen LogP) is 2.30. The number of amides is 1. The molecule has 2 rings (SSSR count). The molecule has 1 amide bonds. The van der Waals surface area contributed by atoms with Gasteiger partial charge in [-0.15, -0.1) is 0 Å². The maximum Gasteiger partial charge on any atom is 0.409 e. The third-order valence-corrected chi connectivity index (χ3v) is 3.86. The lowest BCUT2D eigenvalue weighted by Gasteiger charge is -2.37. The zero-order chi connectivity index (χ0) is 15.4. The highest BCUT2D eigenvalue weighted by Crippen LogP contribution is 2.26. The molecule has 1 fully saturated rings. The number of rotatable bonds is 3. The predicted molar refractivity (Wildman–Crippen MR) is 73.4 cm³/mol. The first-order valence-electron chi connectivity index (χ1n) is 6.83. The van der Waals surface area contributed by atoms with Crippen molar-refractivity contribution in [3.63, 3.8) is 0 Å². The molecule has 6 heteroatoms. The third-order valence-electron chi connectivity index (χ3n) is 3.86. The molecule has 0 saturated carbocycles. The highest BCUT2D eigenvalue weighted by molar-refractivity contribution is 5.72. The Bertz CT molecular complexity index is 517. The second-order valence-corrected chi connectivity index (χ2v) is 5.21. The zero-order valence-electron chi connectivity index (χ0n) is 11.8. The molecule has 1 saturated heterocycles. The van der Waals surface area contributed by atoms with Crippen molar-refractivity contribution < 1.29 is 23.8 Å². The summed E-state index contributed by atoms with van der Waals surface area (Å²) in [6.07, 6.45) is 0.830. The number of aliphatic carboxylic acids is 1. The number of hydrogen-bond donors (Lipinski definition) is 1. The van der Waals surface area contributed by atoms with Gasteiger partial charge in [0.15, 0.2) is 0 Å². The van der Waals surface area contributed by atoms with Crippen LogP contribution in [0.2, 0.25) is 0 Å². The molecule has 1 aliphatic heterocycles. The topological polar surface area (TPSA) is 66.8 Å². The Kier molecular flexibility index (Phi) is 4.77. The van der Waals surface area contributed by atoms with Gasteiger partial charge in [0.1, 0.15) is 5.82 Å². The SMILES string of the molecule is COC(=O)N1CCC(C(=O)O)CC1Cc1ccc(F)cc1. The minimum absolute atomic E-state index is 0.252. The van der Waals surface area contributed by atoms with Crippen molar-refractivity contribution >= 4 is 12.1 Å². The number of nitrogens with zero attached hydrogens (tertiary/aromatic N) is 1. The Hall–Kier alpha value is -2.11. The number of ether oxygens (including phenoxy) is 1. The molecule has 0 bridgehead atoms. The summed E-state index contributed by atoms with van der Waals surface area (Å²) in [4.78, 5) is 24.5. The number of methoxy groups -OCH3 is 1. The molecule has 1 aromatic carbocycles. The minimum atomic E-state index is -0.844. The second kappa shape index (κ2) is 6.56. The van der Waals surface area contributed by atoms with Gasteiger partial charge in [0, 0.05) is 12.6 Å². The smallest absolute Gasteiger partial charge is 0.409 e. The number of carbonyl (C=O) groups excluding carboxylic acids is 1. The quantitative estimate of drug-likeness (QED) is 0.929. The monoisotopic (exact) mass is 295 g/mol. The number of hydrogen-bond acceptors (Lipinski definition) is 3. The molecule has 2 unspecified atom stereocenters. The average Bonchev–Trinajstić information content (AvgIpc) is 2.48. The van der Waals surface area contributed by atoms with E-state index >= 15 is 0 Å². The van der Waals surface area contributed by atoms with Crippen molar-refractivity contribution in [2.45, 2.75) is 25.3 Å². The van der Waals surface area contributed by atoms with Crippen LogP contribution in [0.1, 0.15) is 18.4 Å². The fraction of sp³-hybridized carbons (Fsp3) is 0.467. The molecule has 1 N–H and O–H groups in total. The molecule has 1 heterocycles. The first kappa shape index (κ1) is 15.3. The summed E-state index contributed by atoms with van der Waals surface area (Å²) in [6, 6.07) is 5.76. The fourth-order valence-corrected chi connectivity index (χ4v) is 2.72. The molecule has 5 nitrogen and oxygen atoms in total. The second-order valence-electron chi connectivity index (χ2n) is 5.21. The molecular weight excluding hydrogens is 277 g/mol. The molecule has 0 radical (unpaired) electrons. The summed E-state index contributed by atoms with van der Waals surface area (Å²) >= 11 is 0. The molecule has 1 aromatic rings. The number of benzene rings is 1. The van der Waals surface area contributed by atoms with Gasteiger partial charge in [0.25, 0.3) is 0 Å². The van der Waals surface area contributed by atoms with E-state index in [0.717, 1.165) is 5.56 Å². The molecular formula is C15H18FNO4. The van der Waals surface area contributed by atoms with Gasteiger partial charge in [-0.25, -0.2) is 9.18 Å². The molecule has 114 valence electrons. The molecule has 0 aliphatic carbocycles. The van der Waals surface area contributed by atoms with E-state index in [4.69, 9.17) is 9.84 Å². The largest absolute Gasteiger partial charge is 0.481 e. The molecule has 1 aliphatic rings. The van der Waals surface area contributed by atoms with Crippen LogP contribution in [-0.4, -0.2) is 41.8 Å². The standard InChI is InChI=1S/C15H18FNO4/c1-21-15(20)17-7-6-11(14(18)19)9-13(17)8-10-2-4-12(16)5-3-10/h2-5,11,13H,6-9H2,1H3,(H,18,19). The highest BCUT2D eigenvalue weighted by Gasteiger charge is 2.35. The van der Waals surface area contributed by atoms with Gasteiger partial charge in [0.05, 0.1) is 13.0 Å². The lowest BCUT2D eigenvalue weighted by atomic mass is 9.88. The van der Waals surface area contributed by atoms with E-state index in [1.54, 1.807) is 17.0 Å². The van der Waals surface area contributed by atoms with Crippen LogP contribution in [0.3, 0.4) is 0 Å². The first-order chi connectivity index (χ1) is 10.0. The Balaban J connectivity index is 2.14. The van der Waals surface area contributed by atoms with E-state index in [-0.39, 0.29) is 11.9 Å². The Morgan fingerprint density at radius 3 is 2.62 bits per heavy atom. The van der Waals surface area contributed by atoms with E-state index in [2.05, 4.69) is 0 Å². The number of carbonyl (C=O) groups is 2. The lowest BCUT2D eigenvalue weighted by molar-refractivity contribution is -0.144.